The lowest BCUT2D eigenvalue weighted by Crippen LogP contribution is -2.35. The van der Waals surface area contributed by atoms with Crippen LogP contribution in [0.25, 0.3) is 11.3 Å². The molecule has 9 heteroatoms. The van der Waals surface area contributed by atoms with Gasteiger partial charge in [0.05, 0.1) is 23.5 Å². The Kier molecular flexibility index (Phi) is 7.87. The first-order valence-corrected chi connectivity index (χ1v) is 12.0. The Morgan fingerprint density at radius 3 is 2.76 bits per heavy atom. The predicted octanol–water partition coefficient (Wildman–Crippen LogP) is 4.21. The summed E-state index contributed by atoms with van der Waals surface area (Å²) in [5, 5.41) is 5.98. The molecule has 0 bridgehead atoms. The topological polar surface area (TPSA) is 102 Å². The van der Waals surface area contributed by atoms with Crippen molar-refractivity contribution in [1.82, 2.24) is 20.6 Å². The van der Waals surface area contributed by atoms with Crippen molar-refractivity contribution in [3.63, 3.8) is 0 Å². The van der Waals surface area contributed by atoms with E-state index in [0.29, 0.717) is 31.0 Å². The van der Waals surface area contributed by atoms with Gasteiger partial charge in [0.1, 0.15) is 17.3 Å². The van der Waals surface area contributed by atoms with E-state index in [1.54, 1.807) is 19.3 Å². The highest BCUT2D eigenvalue weighted by molar-refractivity contribution is 9.10. The number of nitrogens with zero attached hydrogens (tertiary/aromatic N) is 2. The molecule has 178 valence electrons. The molecule has 34 heavy (non-hydrogen) atoms. The van der Waals surface area contributed by atoms with Crippen molar-refractivity contribution >= 4 is 27.7 Å². The molecule has 1 atom stereocenters. The van der Waals surface area contributed by atoms with E-state index in [1.807, 2.05) is 24.3 Å². The molecule has 7 nitrogen and oxygen atoms in total. The minimum atomic E-state index is -0.648. The third-order valence-corrected chi connectivity index (χ3v) is 6.40. The van der Waals surface area contributed by atoms with E-state index < -0.39 is 11.7 Å². The van der Waals surface area contributed by atoms with E-state index in [2.05, 4.69) is 36.5 Å². The zero-order valence-electron chi connectivity index (χ0n) is 18.9. The third kappa shape index (κ3) is 5.60. The van der Waals surface area contributed by atoms with E-state index in [0.717, 1.165) is 28.6 Å². The van der Waals surface area contributed by atoms with Gasteiger partial charge in [0, 0.05) is 35.7 Å². The summed E-state index contributed by atoms with van der Waals surface area (Å²) >= 11 is 3.45. The summed E-state index contributed by atoms with van der Waals surface area (Å²) in [5.74, 6) is -0.696. The Labute approximate surface area is 206 Å². The number of rotatable bonds is 7. The monoisotopic (exact) mass is 527 g/mol. The van der Waals surface area contributed by atoms with Crippen molar-refractivity contribution < 1.29 is 13.9 Å². The summed E-state index contributed by atoms with van der Waals surface area (Å²) < 4.78 is 21.4. The molecule has 3 aromatic rings. The lowest BCUT2D eigenvalue weighted by Gasteiger charge is -2.22. The van der Waals surface area contributed by atoms with Crippen molar-refractivity contribution in [2.75, 3.05) is 32.5 Å². The molecule has 2 heterocycles. The number of halogens is 2. The summed E-state index contributed by atoms with van der Waals surface area (Å²) in [6.07, 6.45) is 3.39. The van der Waals surface area contributed by atoms with Crippen LogP contribution in [0.2, 0.25) is 0 Å². The van der Waals surface area contributed by atoms with Gasteiger partial charge in [0.2, 0.25) is 0 Å². The number of nitrogen functional groups attached to an aromatic ring is 1. The third-order valence-electron chi connectivity index (χ3n) is 5.91. The second-order valence-electron chi connectivity index (χ2n) is 8.25. The Balaban J connectivity index is 1.56. The molecule has 4 N–H and O–H groups in total. The largest absolute Gasteiger partial charge is 0.382 e. The summed E-state index contributed by atoms with van der Waals surface area (Å²) in [7, 11) is 1.80. The van der Waals surface area contributed by atoms with E-state index in [1.165, 1.54) is 12.1 Å². The molecule has 1 amide bonds. The van der Waals surface area contributed by atoms with Gasteiger partial charge in [-0.15, -0.1) is 0 Å². The Bertz CT molecular complexity index is 1170. The van der Waals surface area contributed by atoms with Crippen LogP contribution in [0.1, 0.15) is 46.4 Å². The molecular formula is C25H27BrFN5O2. The van der Waals surface area contributed by atoms with E-state index in [9.17, 15) is 4.79 Å². The molecule has 0 saturated carbocycles. The lowest BCUT2D eigenvalue weighted by atomic mass is 9.96. The average Bonchev–Trinajstić information content (AvgIpc) is 2.84. The second-order valence-corrected chi connectivity index (χ2v) is 9.16. The van der Waals surface area contributed by atoms with Gasteiger partial charge in [0.25, 0.3) is 5.91 Å². The fraction of sp³-hybridized carbons (Fsp3) is 0.320. The van der Waals surface area contributed by atoms with Gasteiger partial charge in [-0.1, -0.05) is 34.1 Å². The van der Waals surface area contributed by atoms with E-state index in [4.69, 9.17) is 10.5 Å². The van der Waals surface area contributed by atoms with Crippen molar-refractivity contribution in [2.24, 2.45) is 0 Å². The van der Waals surface area contributed by atoms with Crippen molar-refractivity contribution in [3.05, 3.63) is 75.8 Å². The number of hydrogen-bond donors (Lipinski definition) is 3. The maximum atomic E-state index is 15.1. The van der Waals surface area contributed by atoms with Crippen LogP contribution in [-0.4, -0.2) is 42.7 Å². The fourth-order valence-corrected chi connectivity index (χ4v) is 4.49. The highest BCUT2D eigenvalue weighted by atomic mass is 79.9. The molecular weight excluding hydrogens is 501 g/mol. The summed E-state index contributed by atoms with van der Waals surface area (Å²) in [5.41, 5.74) is 8.63. The molecule has 4 rings (SSSR count). The molecule has 1 saturated heterocycles. The highest BCUT2D eigenvalue weighted by Crippen LogP contribution is 2.30. The number of ether oxygens (including phenoxy) is 1. The number of hydrogen-bond acceptors (Lipinski definition) is 6. The Hall–Kier alpha value is -2.88. The molecule has 1 aromatic heterocycles. The number of carbonyl (C=O) groups excluding carboxylic acids is 1. The number of aromatic nitrogens is 2. The molecule has 0 radical (unpaired) electrons. The zero-order chi connectivity index (χ0) is 24.1. The van der Waals surface area contributed by atoms with Gasteiger partial charge in [0.15, 0.2) is 0 Å². The van der Waals surface area contributed by atoms with Crippen molar-refractivity contribution in [2.45, 2.75) is 24.8 Å². The number of amides is 1. The van der Waals surface area contributed by atoms with Crippen LogP contribution in [0.4, 0.5) is 10.2 Å². The quantitative estimate of drug-likeness (QED) is 0.425. The van der Waals surface area contributed by atoms with Crippen LogP contribution >= 0.6 is 15.9 Å². The zero-order valence-corrected chi connectivity index (χ0v) is 20.4. The smallest absolute Gasteiger partial charge is 0.254 e. The first kappa shape index (κ1) is 24.3. The van der Waals surface area contributed by atoms with Gasteiger partial charge in [-0.25, -0.2) is 14.4 Å². The van der Waals surface area contributed by atoms with Gasteiger partial charge in [-0.3, -0.25) is 4.79 Å². The number of benzene rings is 2. The maximum Gasteiger partial charge on any atom is 0.254 e. The van der Waals surface area contributed by atoms with Gasteiger partial charge in [-0.05, 0) is 49.7 Å². The van der Waals surface area contributed by atoms with Gasteiger partial charge >= 0.3 is 0 Å². The molecule has 2 aromatic carbocycles. The molecule has 1 fully saturated rings. The molecule has 0 unspecified atom stereocenters. The normalized spacial score (nSPS) is 15.1. The summed E-state index contributed by atoms with van der Waals surface area (Å²) in [6, 6.07) is 11.7. The fourth-order valence-electron chi connectivity index (χ4n) is 4.08. The van der Waals surface area contributed by atoms with Crippen LogP contribution in [-0.2, 0) is 4.74 Å². The number of likely N-dealkylation sites (N-methyl/N-ethyl adjacent to an activating group) is 1. The number of nitrogens with two attached hydrogens (primary N) is 1. The van der Waals surface area contributed by atoms with Crippen LogP contribution in [0, 0.1) is 5.82 Å². The summed E-state index contributed by atoms with van der Waals surface area (Å²) in [6.45, 7) is 1.85. The lowest BCUT2D eigenvalue weighted by molar-refractivity contribution is 0.0844. The first-order valence-electron chi connectivity index (χ1n) is 11.2. The van der Waals surface area contributed by atoms with Crippen LogP contribution < -0.4 is 16.4 Å². The van der Waals surface area contributed by atoms with E-state index >= 15 is 4.39 Å². The Morgan fingerprint density at radius 1 is 1.26 bits per heavy atom. The first-order chi connectivity index (χ1) is 16.5. The van der Waals surface area contributed by atoms with Crippen LogP contribution in [0.15, 0.2) is 53.1 Å². The maximum absolute atomic E-state index is 15.1. The van der Waals surface area contributed by atoms with Crippen molar-refractivity contribution in [3.8, 4) is 11.3 Å². The second kappa shape index (κ2) is 11.0. The number of anilines is 1. The summed E-state index contributed by atoms with van der Waals surface area (Å²) in [4.78, 5) is 21.9. The minimum Gasteiger partial charge on any atom is -0.382 e. The van der Waals surface area contributed by atoms with E-state index in [-0.39, 0.29) is 23.3 Å². The van der Waals surface area contributed by atoms with Crippen LogP contribution in [0.3, 0.4) is 0 Å². The predicted molar refractivity (Wildman–Crippen MR) is 133 cm³/mol. The molecule has 1 aliphatic heterocycles. The SMILES string of the molecule is CNC[C@@H](NC(=O)c1ccc(-c2nc(C3CCOCC3)cnc2N)cc1F)c1cccc(Br)c1. The molecule has 1 aliphatic rings. The van der Waals surface area contributed by atoms with Gasteiger partial charge in [-0.2, -0.15) is 0 Å². The molecule has 0 aliphatic carbocycles. The standard InChI is InChI=1S/C25H27BrFN5O2/c1-29-13-21(16-3-2-4-18(26)11-16)32-25(33)19-6-5-17(12-20(19)27)23-24(28)30-14-22(31-23)15-7-9-34-10-8-15/h2-6,11-12,14-15,21,29H,7-10,13H2,1H3,(H2,28,30)(H,32,33)/t21-/m1/s1. The van der Waals surface area contributed by atoms with Crippen LogP contribution in [0.5, 0.6) is 0 Å². The number of carbonyl (C=O) groups is 1. The molecule has 0 spiro atoms. The Morgan fingerprint density at radius 2 is 2.06 bits per heavy atom. The van der Waals surface area contributed by atoms with Crippen molar-refractivity contribution in [1.29, 1.82) is 0 Å². The minimum absolute atomic E-state index is 0.0491. The number of nitrogens with one attached hydrogen (secondary N) is 2. The average molecular weight is 528 g/mol. The highest BCUT2D eigenvalue weighted by Gasteiger charge is 2.22. The van der Waals surface area contributed by atoms with Gasteiger partial charge < -0.3 is 21.1 Å².